The first-order valence-corrected chi connectivity index (χ1v) is 4.93. The number of rotatable bonds is 3. The fourth-order valence-electron chi connectivity index (χ4n) is 2.04. The molecule has 0 heterocycles. The highest BCUT2D eigenvalue weighted by Gasteiger charge is 2.61. The average molecular weight is 206 g/mol. The van der Waals surface area contributed by atoms with E-state index >= 15 is 0 Å². The van der Waals surface area contributed by atoms with Crippen LogP contribution < -0.4 is 0 Å². The Balaban J connectivity index is 2.24. The van der Waals surface area contributed by atoms with Gasteiger partial charge in [0.05, 0.1) is 13.0 Å². The van der Waals surface area contributed by atoms with Gasteiger partial charge in [-0.25, -0.2) is 0 Å². The van der Waals surface area contributed by atoms with E-state index in [1.165, 1.54) is 7.11 Å². The molecular formula is C12H14O3. The molecule has 15 heavy (non-hydrogen) atoms. The van der Waals surface area contributed by atoms with Gasteiger partial charge in [-0.3, -0.25) is 4.79 Å². The Labute approximate surface area is 89.0 Å². The van der Waals surface area contributed by atoms with Crippen molar-refractivity contribution in [3.63, 3.8) is 0 Å². The molecule has 0 unspecified atom stereocenters. The topological polar surface area (TPSA) is 35.5 Å². The number of esters is 1. The van der Waals surface area contributed by atoms with Gasteiger partial charge in [0.1, 0.15) is 5.60 Å². The van der Waals surface area contributed by atoms with Crippen LogP contribution in [0.1, 0.15) is 12.0 Å². The molecule has 1 aliphatic carbocycles. The molecule has 0 amide bonds. The Bertz CT molecular complexity index is 360. The van der Waals surface area contributed by atoms with E-state index in [1.54, 1.807) is 7.11 Å². The summed E-state index contributed by atoms with van der Waals surface area (Å²) in [5.41, 5.74) is 0.594. The molecule has 1 fully saturated rings. The molecule has 0 saturated heterocycles. The fraction of sp³-hybridized carbons (Fsp3) is 0.417. The molecule has 3 heteroatoms. The molecular weight excluding hydrogens is 192 g/mol. The van der Waals surface area contributed by atoms with E-state index < -0.39 is 5.60 Å². The lowest BCUT2D eigenvalue weighted by molar-refractivity contribution is -0.144. The summed E-state index contributed by atoms with van der Waals surface area (Å²) in [5, 5.41) is 0. The maximum atomic E-state index is 11.4. The highest BCUT2D eigenvalue weighted by molar-refractivity contribution is 5.78. The molecule has 1 aliphatic rings. The van der Waals surface area contributed by atoms with Crippen molar-refractivity contribution in [3.8, 4) is 0 Å². The van der Waals surface area contributed by atoms with Crippen LogP contribution in [-0.2, 0) is 19.9 Å². The Kier molecular flexibility index (Phi) is 2.49. The summed E-state index contributed by atoms with van der Waals surface area (Å²) >= 11 is 0. The molecule has 0 aliphatic heterocycles. The number of hydrogen-bond donors (Lipinski definition) is 0. The van der Waals surface area contributed by atoms with E-state index in [4.69, 9.17) is 9.47 Å². The summed E-state index contributed by atoms with van der Waals surface area (Å²) in [6, 6.07) is 9.80. The van der Waals surface area contributed by atoms with E-state index in [9.17, 15) is 4.79 Å². The molecule has 1 aromatic rings. The maximum Gasteiger partial charge on any atom is 0.312 e. The minimum atomic E-state index is -0.450. The van der Waals surface area contributed by atoms with E-state index in [-0.39, 0.29) is 11.9 Å². The fourth-order valence-corrected chi connectivity index (χ4v) is 2.04. The summed E-state index contributed by atoms with van der Waals surface area (Å²) in [6.45, 7) is 0. The number of hydrogen-bond acceptors (Lipinski definition) is 3. The van der Waals surface area contributed by atoms with Crippen LogP contribution in [0, 0.1) is 5.92 Å². The minimum absolute atomic E-state index is 0.158. The lowest BCUT2D eigenvalue weighted by Gasteiger charge is -2.15. The van der Waals surface area contributed by atoms with E-state index in [2.05, 4.69) is 0 Å². The van der Waals surface area contributed by atoms with Crippen LogP contribution in [-0.4, -0.2) is 20.2 Å². The van der Waals surface area contributed by atoms with Gasteiger partial charge in [-0.1, -0.05) is 30.3 Å². The maximum absolute atomic E-state index is 11.4. The second-order valence-electron chi connectivity index (χ2n) is 3.74. The lowest BCUT2D eigenvalue weighted by atomic mass is 10.1. The number of methoxy groups -OCH3 is 2. The second-order valence-corrected chi connectivity index (χ2v) is 3.74. The van der Waals surface area contributed by atoms with Gasteiger partial charge in [0.25, 0.3) is 0 Å². The first kappa shape index (κ1) is 10.2. The quantitative estimate of drug-likeness (QED) is 0.706. The van der Waals surface area contributed by atoms with Gasteiger partial charge in [0.2, 0.25) is 0 Å². The van der Waals surface area contributed by atoms with Crippen molar-refractivity contribution in [2.45, 2.75) is 12.0 Å². The normalized spacial score (nSPS) is 28.5. The molecule has 0 spiro atoms. The van der Waals surface area contributed by atoms with Gasteiger partial charge in [-0.2, -0.15) is 0 Å². The Morgan fingerprint density at radius 2 is 2.00 bits per heavy atom. The van der Waals surface area contributed by atoms with Crippen molar-refractivity contribution < 1.29 is 14.3 Å². The van der Waals surface area contributed by atoms with Gasteiger partial charge >= 0.3 is 5.97 Å². The average Bonchev–Trinajstić information content (AvgIpc) is 3.05. The Morgan fingerprint density at radius 3 is 2.53 bits per heavy atom. The van der Waals surface area contributed by atoms with Crippen LogP contribution >= 0.6 is 0 Å². The molecule has 1 saturated carbocycles. The third-order valence-corrected chi connectivity index (χ3v) is 3.02. The van der Waals surface area contributed by atoms with Crippen molar-refractivity contribution in [1.29, 1.82) is 0 Å². The highest BCUT2D eigenvalue weighted by atomic mass is 16.5. The minimum Gasteiger partial charge on any atom is -0.469 e. The zero-order chi connectivity index (χ0) is 10.9. The number of carbonyl (C=O) groups excluding carboxylic acids is 1. The summed E-state index contributed by atoms with van der Waals surface area (Å²) in [5.74, 6) is -0.351. The molecule has 2 atom stereocenters. The van der Waals surface area contributed by atoms with Crippen molar-refractivity contribution in [2.24, 2.45) is 5.92 Å². The van der Waals surface area contributed by atoms with Crippen LogP contribution in [0.3, 0.4) is 0 Å². The number of carbonyl (C=O) groups is 1. The Hall–Kier alpha value is -1.35. The lowest BCUT2D eigenvalue weighted by Crippen LogP contribution is -2.18. The molecule has 3 nitrogen and oxygen atoms in total. The van der Waals surface area contributed by atoms with Gasteiger partial charge in [0, 0.05) is 7.11 Å². The first-order valence-electron chi connectivity index (χ1n) is 4.93. The SMILES string of the molecule is COC(=O)[C@H]1C[C@]1(OC)c1ccccc1. The second kappa shape index (κ2) is 3.66. The van der Waals surface area contributed by atoms with Crippen LogP contribution in [0.15, 0.2) is 30.3 Å². The Morgan fingerprint density at radius 1 is 1.33 bits per heavy atom. The van der Waals surface area contributed by atoms with Crippen molar-refractivity contribution in [3.05, 3.63) is 35.9 Å². The van der Waals surface area contributed by atoms with E-state index in [0.29, 0.717) is 6.42 Å². The summed E-state index contributed by atoms with van der Waals surface area (Å²) in [7, 11) is 3.04. The van der Waals surface area contributed by atoms with Gasteiger partial charge < -0.3 is 9.47 Å². The zero-order valence-corrected chi connectivity index (χ0v) is 8.90. The van der Waals surface area contributed by atoms with Crippen molar-refractivity contribution in [1.82, 2.24) is 0 Å². The third-order valence-electron chi connectivity index (χ3n) is 3.02. The van der Waals surface area contributed by atoms with Crippen molar-refractivity contribution >= 4 is 5.97 Å². The summed E-state index contributed by atoms with van der Waals surface area (Å²) < 4.78 is 10.2. The number of benzene rings is 1. The summed E-state index contributed by atoms with van der Waals surface area (Å²) in [6.07, 6.45) is 0.709. The predicted molar refractivity (Wildman–Crippen MR) is 55.3 cm³/mol. The predicted octanol–water partition coefficient (Wildman–Crippen LogP) is 1.72. The number of ether oxygens (including phenoxy) is 2. The standard InChI is InChI=1S/C12H14O3/c1-14-11(13)10-8-12(10,15-2)9-6-4-3-5-7-9/h3-7,10H,8H2,1-2H3/t10-,12+/m1/s1. The van der Waals surface area contributed by atoms with Gasteiger partial charge in [-0.15, -0.1) is 0 Å². The van der Waals surface area contributed by atoms with E-state index in [1.807, 2.05) is 30.3 Å². The first-order chi connectivity index (χ1) is 7.24. The largest absolute Gasteiger partial charge is 0.469 e. The van der Waals surface area contributed by atoms with Crippen LogP contribution in [0.2, 0.25) is 0 Å². The monoisotopic (exact) mass is 206 g/mol. The van der Waals surface area contributed by atoms with Gasteiger partial charge in [0.15, 0.2) is 0 Å². The molecule has 2 rings (SSSR count). The molecule has 0 aromatic heterocycles. The molecule has 0 N–H and O–H groups in total. The molecule has 1 aromatic carbocycles. The van der Waals surface area contributed by atoms with Crippen LogP contribution in [0.4, 0.5) is 0 Å². The summed E-state index contributed by atoms with van der Waals surface area (Å²) in [4.78, 5) is 11.4. The van der Waals surface area contributed by atoms with Crippen LogP contribution in [0.25, 0.3) is 0 Å². The molecule has 0 bridgehead atoms. The van der Waals surface area contributed by atoms with E-state index in [0.717, 1.165) is 5.56 Å². The smallest absolute Gasteiger partial charge is 0.312 e. The third kappa shape index (κ3) is 1.53. The molecule has 80 valence electrons. The highest BCUT2D eigenvalue weighted by Crippen LogP contribution is 2.55. The zero-order valence-electron chi connectivity index (χ0n) is 8.90. The van der Waals surface area contributed by atoms with Crippen molar-refractivity contribution in [2.75, 3.05) is 14.2 Å². The van der Waals surface area contributed by atoms with Crippen LogP contribution in [0.5, 0.6) is 0 Å². The molecule has 0 radical (unpaired) electrons. The van der Waals surface area contributed by atoms with Gasteiger partial charge in [-0.05, 0) is 12.0 Å².